The molecular weight excluding hydrogens is 408 g/mol. The third-order valence-corrected chi connectivity index (χ3v) is 6.28. The third kappa shape index (κ3) is 2.71. The van der Waals surface area contributed by atoms with Gasteiger partial charge in [0.1, 0.15) is 5.58 Å². The first-order valence-electron chi connectivity index (χ1n) is 9.02. The summed E-state index contributed by atoms with van der Waals surface area (Å²) in [6.07, 6.45) is 1.63. The molecular formula is C22H15ClN2O3S. The van der Waals surface area contributed by atoms with Gasteiger partial charge in [-0.3, -0.25) is 14.5 Å². The maximum atomic E-state index is 13.5. The molecule has 0 aliphatic carbocycles. The lowest BCUT2D eigenvalue weighted by molar-refractivity contribution is 0.0971. The van der Waals surface area contributed by atoms with Crippen molar-refractivity contribution in [2.45, 2.75) is 19.9 Å². The Bertz CT molecular complexity index is 1340. The van der Waals surface area contributed by atoms with Gasteiger partial charge in [-0.2, -0.15) is 0 Å². The number of hydrogen-bond acceptors (Lipinski definition) is 5. The van der Waals surface area contributed by atoms with Crippen LogP contribution in [0.5, 0.6) is 0 Å². The number of thiazole rings is 1. The monoisotopic (exact) mass is 422 g/mol. The van der Waals surface area contributed by atoms with Gasteiger partial charge in [0.05, 0.1) is 17.0 Å². The van der Waals surface area contributed by atoms with Gasteiger partial charge >= 0.3 is 0 Å². The molecule has 0 spiro atoms. The largest absolute Gasteiger partial charge is 0.450 e. The van der Waals surface area contributed by atoms with E-state index in [1.54, 1.807) is 35.8 Å². The van der Waals surface area contributed by atoms with Crippen LogP contribution >= 0.6 is 22.9 Å². The normalized spacial score (nSPS) is 15.9. The average molecular weight is 423 g/mol. The molecule has 1 atom stereocenters. The molecule has 0 saturated carbocycles. The number of aryl methyl sites for hydroxylation is 2. The van der Waals surface area contributed by atoms with Gasteiger partial charge in [-0.25, -0.2) is 4.98 Å². The lowest BCUT2D eigenvalue weighted by atomic mass is 9.97. The number of carbonyl (C=O) groups excluding carboxylic acids is 1. The van der Waals surface area contributed by atoms with Gasteiger partial charge in [0.25, 0.3) is 5.91 Å². The van der Waals surface area contributed by atoms with Gasteiger partial charge in [-0.05, 0) is 54.8 Å². The minimum absolute atomic E-state index is 0.0610. The van der Waals surface area contributed by atoms with Crippen molar-refractivity contribution in [3.05, 3.63) is 91.2 Å². The molecule has 0 fully saturated rings. The van der Waals surface area contributed by atoms with E-state index in [1.807, 2.05) is 26.0 Å². The van der Waals surface area contributed by atoms with Gasteiger partial charge in [0, 0.05) is 16.6 Å². The van der Waals surface area contributed by atoms with Crippen LogP contribution in [0.15, 0.2) is 57.2 Å². The second kappa shape index (κ2) is 6.54. The molecule has 5 rings (SSSR count). The van der Waals surface area contributed by atoms with Crippen molar-refractivity contribution in [1.29, 1.82) is 0 Å². The number of benzene rings is 2. The maximum absolute atomic E-state index is 13.5. The number of nitrogens with zero attached hydrogens (tertiary/aromatic N) is 2. The molecule has 5 nitrogen and oxygen atoms in total. The van der Waals surface area contributed by atoms with E-state index in [0.29, 0.717) is 26.7 Å². The number of anilines is 1. The SMILES string of the molecule is Cc1cc2oc3c(c(=O)c2cc1C)C(c1cccc(Cl)c1)N(c1nccs1)C3=O. The summed E-state index contributed by atoms with van der Waals surface area (Å²) in [5.74, 6) is -0.317. The van der Waals surface area contributed by atoms with Crippen LogP contribution in [0, 0.1) is 13.8 Å². The van der Waals surface area contributed by atoms with E-state index < -0.39 is 6.04 Å². The molecule has 2 aromatic carbocycles. The van der Waals surface area contributed by atoms with E-state index in [9.17, 15) is 9.59 Å². The Morgan fingerprint density at radius 1 is 1.14 bits per heavy atom. The topological polar surface area (TPSA) is 63.4 Å². The van der Waals surface area contributed by atoms with E-state index in [0.717, 1.165) is 16.7 Å². The second-order valence-electron chi connectivity index (χ2n) is 7.05. The molecule has 1 unspecified atom stereocenters. The van der Waals surface area contributed by atoms with E-state index >= 15 is 0 Å². The van der Waals surface area contributed by atoms with Crippen LogP contribution in [0.25, 0.3) is 11.0 Å². The molecule has 0 bridgehead atoms. The Balaban J connectivity index is 1.85. The van der Waals surface area contributed by atoms with Crippen molar-refractivity contribution in [2.24, 2.45) is 0 Å². The maximum Gasteiger partial charge on any atom is 0.297 e. The number of halogens is 1. The van der Waals surface area contributed by atoms with E-state index in [2.05, 4.69) is 4.98 Å². The van der Waals surface area contributed by atoms with Crippen molar-refractivity contribution in [3.63, 3.8) is 0 Å². The van der Waals surface area contributed by atoms with Crippen LogP contribution in [0.4, 0.5) is 5.13 Å². The van der Waals surface area contributed by atoms with Crippen LogP contribution < -0.4 is 10.3 Å². The first-order chi connectivity index (χ1) is 14.0. The van der Waals surface area contributed by atoms with Crippen molar-refractivity contribution in [1.82, 2.24) is 4.98 Å². The molecule has 144 valence electrons. The fourth-order valence-electron chi connectivity index (χ4n) is 3.75. The Labute approximate surface area is 175 Å². The minimum Gasteiger partial charge on any atom is -0.450 e. The average Bonchev–Trinajstić information content (AvgIpc) is 3.30. The van der Waals surface area contributed by atoms with Crippen molar-refractivity contribution in [2.75, 3.05) is 4.90 Å². The number of amides is 1. The zero-order valence-corrected chi connectivity index (χ0v) is 17.2. The zero-order chi connectivity index (χ0) is 20.3. The summed E-state index contributed by atoms with van der Waals surface area (Å²) < 4.78 is 6.00. The number of rotatable bonds is 2. The molecule has 1 aliphatic heterocycles. The molecule has 4 aromatic rings. The molecule has 7 heteroatoms. The Hall–Kier alpha value is -2.96. The number of hydrogen-bond donors (Lipinski definition) is 0. The van der Waals surface area contributed by atoms with Gasteiger partial charge < -0.3 is 4.42 Å². The highest BCUT2D eigenvalue weighted by Gasteiger charge is 2.44. The molecule has 0 N–H and O–H groups in total. The quantitative estimate of drug-likeness (QED) is 0.441. The summed E-state index contributed by atoms with van der Waals surface area (Å²) in [6.45, 7) is 3.89. The number of carbonyl (C=O) groups is 1. The predicted molar refractivity (Wildman–Crippen MR) is 114 cm³/mol. The van der Waals surface area contributed by atoms with Crippen LogP contribution in [-0.4, -0.2) is 10.9 Å². The van der Waals surface area contributed by atoms with Crippen LogP contribution in [0.3, 0.4) is 0 Å². The summed E-state index contributed by atoms with van der Waals surface area (Å²) in [5, 5.41) is 3.29. The predicted octanol–water partition coefficient (Wildman–Crippen LogP) is 5.27. The van der Waals surface area contributed by atoms with Crippen molar-refractivity contribution in [3.8, 4) is 0 Å². The summed E-state index contributed by atoms with van der Waals surface area (Å²) in [4.78, 5) is 32.7. The summed E-state index contributed by atoms with van der Waals surface area (Å²) in [6, 6.07) is 10.2. The van der Waals surface area contributed by atoms with Crippen LogP contribution in [-0.2, 0) is 0 Å². The summed E-state index contributed by atoms with van der Waals surface area (Å²) >= 11 is 7.54. The molecule has 2 aromatic heterocycles. The van der Waals surface area contributed by atoms with Crippen LogP contribution in [0.1, 0.15) is 38.9 Å². The van der Waals surface area contributed by atoms with Crippen LogP contribution in [0.2, 0.25) is 5.02 Å². The first kappa shape index (κ1) is 18.1. The molecule has 0 saturated heterocycles. The Morgan fingerprint density at radius 3 is 2.66 bits per heavy atom. The Kier molecular flexibility index (Phi) is 4.08. The zero-order valence-electron chi connectivity index (χ0n) is 15.6. The standard InChI is InChI=1S/C22H15ClN2O3S/c1-11-8-15-16(9-12(11)2)28-20-17(19(15)26)18(13-4-3-5-14(23)10-13)25(21(20)27)22-24-6-7-29-22/h3-10,18H,1-2H3. The molecule has 1 amide bonds. The molecule has 29 heavy (non-hydrogen) atoms. The molecule has 3 heterocycles. The third-order valence-electron chi connectivity index (χ3n) is 5.28. The van der Waals surface area contributed by atoms with E-state index in [4.69, 9.17) is 16.0 Å². The van der Waals surface area contributed by atoms with Gasteiger partial charge in [0.2, 0.25) is 5.76 Å². The highest BCUT2D eigenvalue weighted by Crippen LogP contribution is 2.42. The van der Waals surface area contributed by atoms with Crippen molar-refractivity contribution < 1.29 is 9.21 Å². The second-order valence-corrected chi connectivity index (χ2v) is 8.36. The van der Waals surface area contributed by atoms with Gasteiger partial charge in [-0.15, -0.1) is 11.3 Å². The van der Waals surface area contributed by atoms with E-state index in [1.165, 1.54) is 16.2 Å². The lowest BCUT2D eigenvalue weighted by Gasteiger charge is -2.22. The van der Waals surface area contributed by atoms with Crippen molar-refractivity contribution >= 4 is 44.9 Å². The number of aromatic nitrogens is 1. The van der Waals surface area contributed by atoms with Gasteiger partial charge in [-0.1, -0.05) is 23.7 Å². The molecule has 1 aliphatic rings. The fraction of sp³-hybridized carbons (Fsp3) is 0.136. The fourth-order valence-corrected chi connectivity index (χ4v) is 4.62. The minimum atomic E-state index is -0.649. The first-order valence-corrected chi connectivity index (χ1v) is 10.3. The number of fused-ring (bicyclic) bond motifs is 2. The summed E-state index contributed by atoms with van der Waals surface area (Å²) in [7, 11) is 0. The highest BCUT2D eigenvalue weighted by molar-refractivity contribution is 7.13. The van der Waals surface area contributed by atoms with E-state index in [-0.39, 0.29) is 17.1 Å². The highest BCUT2D eigenvalue weighted by atomic mass is 35.5. The lowest BCUT2D eigenvalue weighted by Crippen LogP contribution is -2.29. The van der Waals surface area contributed by atoms with Gasteiger partial charge in [0.15, 0.2) is 10.6 Å². The molecule has 0 radical (unpaired) electrons. The summed E-state index contributed by atoms with van der Waals surface area (Å²) in [5.41, 5.74) is 3.25. The Morgan fingerprint density at radius 2 is 1.93 bits per heavy atom. The smallest absolute Gasteiger partial charge is 0.297 e.